The predicted molar refractivity (Wildman–Crippen MR) is 158 cm³/mol. The van der Waals surface area contributed by atoms with Crippen molar-refractivity contribution in [3.05, 3.63) is 41.2 Å². The number of nitrogens with zero attached hydrogens (tertiary/aromatic N) is 1. The molecule has 2 saturated carbocycles. The Hall–Kier alpha value is -2.17. The van der Waals surface area contributed by atoms with Crippen molar-refractivity contribution in [3.63, 3.8) is 0 Å². The van der Waals surface area contributed by atoms with E-state index in [0.29, 0.717) is 23.9 Å². The molecule has 2 fully saturated rings. The largest absolute Gasteiger partial charge is 0.462 e. The molecule has 0 heterocycles. The van der Waals surface area contributed by atoms with Gasteiger partial charge in [-0.1, -0.05) is 64.8 Å². The summed E-state index contributed by atoms with van der Waals surface area (Å²) in [5, 5.41) is 0. The fourth-order valence-electron chi connectivity index (χ4n) is 10.4. The molecule has 7 atom stereocenters. The molecule has 1 aromatic rings. The first kappa shape index (κ1) is 29.3. The predicted octanol–water partition coefficient (Wildman–Crippen LogP) is 8.50. The van der Waals surface area contributed by atoms with Crippen molar-refractivity contribution >= 4 is 17.6 Å². The molecular weight excluding hydrogens is 501 g/mol. The molecule has 0 radical (unpaired) electrons. The van der Waals surface area contributed by atoms with Crippen molar-refractivity contribution in [2.24, 2.45) is 39.4 Å². The van der Waals surface area contributed by atoms with Crippen molar-refractivity contribution in [3.8, 4) is 0 Å². The van der Waals surface area contributed by atoms with E-state index in [1.165, 1.54) is 24.3 Å². The monoisotopic (exact) mass is 551 g/mol. The second-order valence-electron chi connectivity index (χ2n) is 14.9. The summed E-state index contributed by atoms with van der Waals surface area (Å²) < 4.78 is 20.2. The van der Waals surface area contributed by atoms with Crippen LogP contribution in [0.1, 0.15) is 106 Å². The molecule has 0 spiro atoms. The average Bonchev–Trinajstić information content (AvgIpc) is 3.17. The topological polar surface area (TPSA) is 46.6 Å². The Balaban J connectivity index is 1.38. The lowest BCUT2D eigenvalue weighted by atomic mass is 9.43. The number of fused-ring (bicyclic) bond motifs is 4. The SMILES string of the molecule is CC(=O)O[C@H]1CC[C@]2(C)C3=C(CC[C@H]2C1(C)C)[C@]1(C)CC[C@H]([C@H](C)CC(=O)N(C)c2ccccc2F)[C@@]1(C)CC3. The van der Waals surface area contributed by atoms with E-state index in [0.717, 1.165) is 44.9 Å². The minimum Gasteiger partial charge on any atom is -0.462 e. The van der Waals surface area contributed by atoms with E-state index in [2.05, 4.69) is 41.5 Å². The number of hydrogen-bond donors (Lipinski definition) is 0. The van der Waals surface area contributed by atoms with Crippen molar-refractivity contribution in [2.45, 2.75) is 112 Å². The zero-order valence-corrected chi connectivity index (χ0v) is 26.0. The van der Waals surface area contributed by atoms with Gasteiger partial charge in [0.2, 0.25) is 5.91 Å². The fraction of sp³-hybridized carbons (Fsp3) is 0.714. The first-order chi connectivity index (χ1) is 18.7. The van der Waals surface area contributed by atoms with Crippen LogP contribution in [-0.4, -0.2) is 25.0 Å². The third-order valence-electron chi connectivity index (χ3n) is 12.8. The van der Waals surface area contributed by atoms with E-state index in [9.17, 15) is 14.0 Å². The first-order valence-corrected chi connectivity index (χ1v) is 15.6. The van der Waals surface area contributed by atoms with Crippen LogP contribution in [-0.2, 0) is 14.3 Å². The highest BCUT2D eigenvalue weighted by Gasteiger charge is 2.63. The van der Waals surface area contributed by atoms with Gasteiger partial charge in [0.15, 0.2) is 0 Å². The quantitative estimate of drug-likeness (QED) is 0.272. The number of hydrogen-bond acceptors (Lipinski definition) is 3. The normalized spacial score (nSPS) is 37.2. The number of para-hydroxylation sites is 1. The minimum absolute atomic E-state index is 0.00796. The number of carbonyl (C=O) groups is 2. The van der Waals surface area contributed by atoms with Gasteiger partial charge >= 0.3 is 5.97 Å². The average molecular weight is 552 g/mol. The summed E-state index contributed by atoms with van der Waals surface area (Å²) in [6, 6.07) is 6.53. The van der Waals surface area contributed by atoms with Gasteiger partial charge in [-0.2, -0.15) is 0 Å². The summed E-state index contributed by atoms with van der Waals surface area (Å²) in [6.07, 6.45) is 9.34. The van der Waals surface area contributed by atoms with Crippen LogP contribution in [0.5, 0.6) is 0 Å². The molecule has 0 aliphatic heterocycles. The van der Waals surface area contributed by atoms with Crippen molar-refractivity contribution in [1.29, 1.82) is 0 Å². The van der Waals surface area contributed by atoms with Crippen LogP contribution in [0, 0.1) is 45.2 Å². The Morgan fingerprint density at radius 2 is 1.70 bits per heavy atom. The third kappa shape index (κ3) is 4.28. The van der Waals surface area contributed by atoms with Gasteiger partial charge in [0, 0.05) is 25.8 Å². The van der Waals surface area contributed by atoms with E-state index in [1.807, 2.05) is 0 Å². The van der Waals surface area contributed by atoms with E-state index >= 15 is 0 Å². The molecule has 1 aromatic carbocycles. The molecule has 0 saturated heterocycles. The molecule has 220 valence electrons. The van der Waals surface area contributed by atoms with Crippen LogP contribution in [0.2, 0.25) is 0 Å². The zero-order valence-electron chi connectivity index (χ0n) is 26.0. The van der Waals surface area contributed by atoms with Crippen LogP contribution in [0.25, 0.3) is 0 Å². The Kier molecular flexibility index (Phi) is 7.32. The smallest absolute Gasteiger partial charge is 0.302 e. The molecule has 40 heavy (non-hydrogen) atoms. The van der Waals surface area contributed by atoms with Crippen LogP contribution in [0.4, 0.5) is 10.1 Å². The molecular formula is C35H50FNO3. The summed E-state index contributed by atoms with van der Waals surface area (Å²) in [4.78, 5) is 26.7. The van der Waals surface area contributed by atoms with Crippen molar-refractivity contribution < 1.29 is 18.7 Å². The van der Waals surface area contributed by atoms with E-state index in [4.69, 9.17) is 4.74 Å². The molecule has 0 aromatic heterocycles. The molecule has 5 heteroatoms. The number of allylic oxidation sites excluding steroid dienone is 2. The van der Waals surface area contributed by atoms with Crippen LogP contribution in [0.15, 0.2) is 35.4 Å². The third-order valence-corrected chi connectivity index (χ3v) is 12.8. The number of ether oxygens (including phenoxy) is 1. The van der Waals surface area contributed by atoms with Crippen LogP contribution in [0.3, 0.4) is 0 Å². The van der Waals surface area contributed by atoms with Gasteiger partial charge in [0.05, 0.1) is 5.69 Å². The maximum atomic E-state index is 14.4. The standard InChI is InChI=1S/C35H50FNO3/c1-22(21-31(39)37(8)28-12-10-9-11-27(28)36)24-15-19-35(7)26-13-14-29-32(3,4)30(40-23(2)38)17-18-33(29,5)25(26)16-20-34(24,35)6/h9-12,22,24,29-30H,13-21H2,1-8H3/t22-,24-,29+,30+,33-,34-,35+/m1/s1. The lowest BCUT2D eigenvalue weighted by Gasteiger charge is -2.62. The highest BCUT2D eigenvalue weighted by Crippen LogP contribution is 2.72. The Bertz CT molecular complexity index is 1220. The van der Waals surface area contributed by atoms with Gasteiger partial charge in [-0.05, 0) is 97.5 Å². The van der Waals surface area contributed by atoms with Gasteiger partial charge < -0.3 is 9.64 Å². The van der Waals surface area contributed by atoms with Gasteiger partial charge in [-0.15, -0.1) is 0 Å². The number of carbonyl (C=O) groups excluding carboxylic acids is 2. The molecule has 1 amide bonds. The van der Waals surface area contributed by atoms with Crippen LogP contribution < -0.4 is 4.90 Å². The number of rotatable bonds is 5. The summed E-state index contributed by atoms with van der Waals surface area (Å²) in [7, 11) is 1.70. The number of benzene rings is 1. The molecule has 5 rings (SSSR count). The Morgan fingerprint density at radius 3 is 2.38 bits per heavy atom. The van der Waals surface area contributed by atoms with Gasteiger partial charge in [0.1, 0.15) is 11.9 Å². The second-order valence-corrected chi connectivity index (χ2v) is 14.9. The van der Waals surface area contributed by atoms with Crippen molar-refractivity contribution in [1.82, 2.24) is 0 Å². The van der Waals surface area contributed by atoms with Crippen LogP contribution >= 0.6 is 0 Å². The number of halogens is 1. The zero-order chi connectivity index (χ0) is 29.3. The van der Waals surface area contributed by atoms with Gasteiger partial charge in [0.25, 0.3) is 0 Å². The van der Waals surface area contributed by atoms with Gasteiger partial charge in [-0.25, -0.2) is 4.39 Å². The van der Waals surface area contributed by atoms with Gasteiger partial charge in [-0.3, -0.25) is 9.59 Å². The molecule has 4 nitrogen and oxygen atoms in total. The summed E-state index contributed by atoms with van der Waals surface area (Å²) in [6.45, 7) is 16.0. The van der Waals surface area contributed by atoms with E-state index in [-0.39, 0.29) is 51.4 Å². The van der Waals surface area contributed by atoms with E-state index in [1.54, 1.807) is 36.4 Å². The molecule has 0 N–H and O–H groups in total. The second kappa shape index (κ2) is 9.98. The molecule has 4 aliphatic carbocycles. The highest BCUT2D eigenvalue weighted by atomic mass is 19.1. The number of amides is 1. The Morgan fingerprint density at radius 1 is 1.00 bits per heavy atom. The highest BCUT2D eigenvalue weighted by molar-refractivity contribution is 5.93. The molecule has 0 unspecified atom stereocenters. The first-order valence-electron chi connectivity index (χ1n) is 15.6. The minimum atomic E-state index is -0.354. The number of esters is 1. The lowest BCUT2D eigenvalue weighted by molar-refractivity contribution is -0.167. The van der Waals surface area contributed by atoms with Crippen molar-refractivity contribution in [2.75, 3.05) is 11.9 Å². The van der Waals surface area contributed by atoms with E-state index < -0.39 is 0 Å². The summed E-state index contributed by atoms with van der Waals surface area (Å²) >= 11 is 0. The molecule has 0 bridgehead atoms. The molecule has 4 aliphatic rings. The summed E-state index contributed by atoms with van der Waals surface area (Å²) in [5.41, 5.74) is 4.18. The maximum absolute atomic E-state index is 14.4. The maximum Gasteiger partial charge on any atom is 0.302 e. The number of anilines is 1. The summed E-state index contributed by atoms with van der Waals surface area (Å²) in [5.74, 6) is 0.681. The lowest BCUT2D eigenvalue weighted by Crippen LogP contribution is -2.55. The fourth-order valence-corrected chi connectivity index (χ4v) is 10.4. The Labute approximate surface area is 241 Å².